The lowest BCUT2D eigenvalue weighted by atomic mass is 10.1. The van der Waals surface area contributed by atoms with Gasteiger partial charge in [-0.2, -0.15) is 0 Å². The van der Waals surface area contributed by atoms with E-state index in [1.165, 1.54) is 10.6 Å². The smallest absolute Gasteiger partial charge is 0.243 e. The quantitative estimate of drug-likeness (QED) is 0.828. The van der Waals surface area contributed by atoms with Gasteiger partial charge >= 0.3 is 0 Å². The maximum Gasteiger partial charge on any atom is 0.243 e. The largest absolute Gasteiger partial charge is 0.341 e. The predicted octanol–water partition coefficient (Wildman–Crippen LogP) is 2.34. The molecule has 1 aliphatic heterocycles. The summed E-state index contributed by atoms with van der Waals surface area (Å²) in [5.74, 6) is -0.111. The van der Waals surface area contributed by atoms with Gasteiger partial charge in [-0.3, -0.25) is 9.10 Å². The zero-order valence-electron chi connectivity index (χ0n) is 14.2. The number of piperidine rings is 1. The number of anilines is 1. The summed E-state index contributed by atoms with van der Waals surface area (Å²) in [5, 5.41) is 0. The molecule has 0 saturated carbocycles. The van der Waals surface area contributed by atoms with Gasteiger partial charge in [0.15, 0.2) is 0 Å². The van der Waals surface area contributed by atoms with Crippen LogP contribution in [0.15, 0.2) is 18.2 Å². The van der Waals surface area contributed by atoms with Crippen LogP contribution in [0.1, 0.15) is 37.3 Å². The lowest BCUT2D eigenvalue weighted by molar-refractivity contribution is -0.130. The van der Waals surface area contributed by atoms with Crippen molar-refractivity contribution in [2.24, 2.45) is 0 Å². The van der Waals surface area contributed by atoms with Crippen molar-refractivity contribution >= 4 is 21.6 Å². The SMILES string of the molecule is CCc1cccc(C)c1N(CC(=O)N1CCCCC1)S(C)(=O)=O. The summed E-state index contributed by atoms with van der Waals surface area (Å²) in [6.07, 6.45) is 5.02. The molecule has 1 aliphatic rings. The minimum Gasteiger partial charge on any atom is -0.341 e. The molecule has 0 unspecified atom stereocenters. The van der Waals surface area contributed by atoms with E-state index in [0.717, 1.165) is 49.9 Å². The summed E-state index contributed by atoms with van der Waals surface area (Å²) in [6.45, 7) is 5.22. The third kappa shape index (κ3) is 4.25. The Morgan fingerprint density at radius 1 is 1.22 bits per heavy atom. The summed E-state index contributed by atoms with van der Waals surface area (Å²) >= 11 is 0. The Kier molecular flexibility index (Phi) is 5.68. The van der Waals surface area contributed by atoms with Crippen LogP contribution in [0, 0.1) is 6.92 Å². The van der Waals surface area contributed by atoms with Gasteiger partial charge in [0.05, 0.1) is 11.9 Å². The van der Waals surface area contributed by atoms with Gasteiger partial charge in [0.1, 0.15) is 6.54 Å². The van der Waals surface area contributed by atoms with Crippen molar-refractivity contribution in [2.75, 3.05) is 30.2 Å². The number of carbonyl (C=O) groups is 1. The first-order valence-electron chi connectivity index (χ1n) is 8.18. The molecular formula is C17H26N2O3S. The highest BCUT2D eigenvalue weighted by Gasteiger charge is 2.27. The molecule has 0 bridgehead atoms. The molecular weight excluding hydrogens is 312 g/mol. The van der Waals surface area contributed by atoms with Gasteiger partial charge in [-0.25, -0.2) is 8.42 Å². The summed E-state index contributed by atoms with van der Waals surface area (Å²) in [4.78, 5) is 14.3. The number of likely N-dealkylation sites (tertiary alicyclic amines) is 1. The molecule has 1 heterocycles. The second-order valence-electron chi connectivity index (χ2n) is 6.15. The second-order valence-corrected chi connectivity index (χ2v) is 8.05. The van der Waals surface area contributed by atoms with Crippen molar-refractivity contribution in [2.45, 2.75) is 39.5 Å². The lowest BCUT2D eigenvalue weighted by Gasteiger charge is -2.31. The summed E-state index contributed by atoms with van der Waals surface area (Å²) in [6, 6.07) is 5.73. The maximum atomic E-state index is 12.6. The van der Waals surface area contributed by atoms with Crippen LogP contribution in [-0.2, 0) is 21.2 Å². The Balaban J connectivity index is 2.34. The minimum absolute atomic E-state index is 0.111. The van der Waals surface area contributed by atoms with Crippen LogP contribution < -0.4 is 4.31 Å². The van der Waals surface area contributed by atoms with Crippen molar-refractivity contribution in [1.82, 2.24) is 4.90 Å². The number of sulfonamides is 1. The van der Waals surface area contributed by atoms with E-state index in [1.54, 1.807) is 4.90 Å². The van der Waals surface area contributed by atoms with Crippen LogP contribution >= 0.6 is 0 Å². The molecule has 1 saturated heterocycles. The van der Waals surface area contributed by atoms with E-state index in [-0.39, 0.29) is 12.5 Å². The molecule has 0 spiro atoms. The molecule has 1 aromatic carbocycles. The van der Waals surface area contributed by atoms with E-state index in [9.17, 15) is 13.2 Å². The Bertz CT molecular complexity index is 664. The van der Waals surface area contributed by atoms with Crippen molar-refractivity contribution < 1.29 is 13.2 Å². The predicted molar refractivity (Wildman–Crippen MR) is 93.2 cm³/mol. The van der Waals surface area contributed by atoms with Crippen LogP contribution in [-0.4, -0.2) is 45.1 Å². The highest BCUT2D eigenvalue weighted by Crippen LogP contribution is 2.28. The topological polar surface area (TPSA) is 57.7 Å². The molecule has 0 atom stereocenters. The fourth-order valence-corrected chi connectivity index (χ4v) is 4.03. The van der Waals surface area contributed by atoms with E-state index < -0.39 is 10.0 Å². The monoisotopic (exact) mass is 338 g/mol. The third-order valence-electron chi connectivity index (χ3n) is 4.34. The molecule has 128 valence electrons. The Morgan fingerprint density at radius 3 is 2.43 bits per heavy atom. The van der Waals surface area contributed by atoms with Gasteiger partial charge in [0.25, 0.3) is 0 Å². The van der Waals surface area contributed by atoms with Crippen LogP contribution in [0.2, 0.25) is 0 Å². The van der Waals surface area contributed by atoms with Crippen molar-refractivity contribution in [3.8, 4) is 0 Å². The first-order chi connectivity index (χ1) is 10.8. The van der Waals surface area contributed by atoms with Crippen molar-refractivity contribution in [3.63, 3.8) is 0 Å². The van der Waals surface area contributed by atoms with Gasteiger partial charge in [0, 0.05) is 13.1 Å². The van der Waals surface area contributed by atoms with E-state index in [1.807, 2.05) is 32.0 Å². The van der Waals surface area contributed by atoms with Crippen molar-refractivity contribution in [3.05, 3.63) is 29.3 Å². The number of nitrogens with zero attached hydrogens (tertiary/aromatic N) is 2. The fraction of sp³-hybridized carbons (Fsp3) is 0.588. The number of aryl methyl sites for hydroxylation is 2. The van der Waals surface area contributed by atoms with Gasteiger partial charge in [-0.15, -0.1) is 0 Å². The zero-order valence-corrected chi connectivity index (χ0v) is 15.0. The minimum atomic E-state index is -3.52. The Hall–Kier alpha value is -1.56. The second kappa shape index (κ2) is 7.34. The first kappa shape index (κ1) is 17.8. The van der Waals surface area contributed by atoms with Crippen LogP contribution in [0.3, 0.4) is 0 Å². The van der Waals surface area contributed by atoms with Crippen LogP contribution in [0.5, 0.6) is 0 Å². The number of carbonyl (C=O) groups excluding carboxylic acids is 1. The number of para-hydroxylation sites is 1. The third-order valence-corrected chi connectivity index (χ3v) is 5.45. The normalized spacial score (nSPS) is 15.5. The number of hydrogen-bond donors (Lipinski definition) is 0. The number of hydrogen-bond acceptors (Lipinski definition) is 3. The Morgan fingerprint density at radius 2 is 1.87 bits per heavy atom. The number of amides is 1. The molecule has 0 N–H and O–H groups in total. The summed E-state index contributed by atoms with van der Waals surface area (Å²) in [7, 11) is -3.52. The van der Waals surface area contributed by atoms with Crippen LogP contribution in [0.25, 0.3) is 0 Å². The standard InChI is InChI=1S/C17H26N2O3S/c1-4-15-10-8-9-14(2)17(15)19(23(3,21)22)13-16(20)18-11-6-5-7-12-18/h8-10H,4-7,11-13H2,1-3H3. The van der Waals surface area contributed by atoms with Gasteiger partial charge < -0.3 is 4.90 Å². The van der Waals surface area contributed by atoms with Crippen LogP contribution in [0.4, 0.5) is 5.69 Å². The molecule has 0 radical (unpaired) electrons. The number of rotatable bonds is 5. The molecule has 2 rings (SSSR count). The van der Waals surface area contributed by atoms with Crippen molar-refractivity contribution in [1.29, 1.82) is 0 Å². The highest BCUT2D eigenvalue weighted by molar-refractivity contribution is 7.92. The van der Waals surface area contributed by atoms with E-state index in [2.05, 4.69) is 0 Å². The maximum absolute atomic E-state index is 12.6. The molecule has 5 nitrogen and oxygen atoms in total. The van der Waals surface area contributed by atoms with Gasteiger partial charge in [-0.05, 0) is 43.7 Å². The highest BCUT2D eigenvalue weighted by atomic mass is 32.2. The first-order valence-corrected chi connectivity index (χ1v) is 10.0. The molecule has 1 amide bonds. The molecule has 6 heteroatoms. The average molecular weight is 338 g/mol. The fourth-order valence-electron chi connectivity index (χ4n) is 3.09. The Labute approximate surface area is 139 Å². The molecule has 0 aliphatic carbocycles. The van der Waals surface area contributed by atoms with E-state index in [4.69, 9.17) is 0 Å². The zero-order chi connectivity index (χ0) is 17.0. The number of benzene rings is 1. The molecule has 1 aromatic rings. The summed E-state index contributed by atoms with van der Waals surface area (Å²) < 4.78 is 25.9. The lowest BCUT2D eigenvalue weighted by Crippen LogP contribution is -2.45. The molecule has 1 fully saturated rings. The molecule has 0 aromatic heterocycles. The molecule has 23 heavy (non-hydrogen) atoms. The van der Waals surface area contributed by atoms with Gasteiger partial charge in [0.2, 0.25) is 15.9 Å². The average Bonchev–Trinajstić information content (AvgIpc) is 2.52. The van der Waals surface area contributed by atoms with E-state index in [0.29, 0.717) is 5.69 Å². The van der Waals surface area contributed by atoms with Gasteiger partial charge in [-0.1, -0.05) is 25.1 Å². The van der Waals surface area contributed by atoms with E-state index >= 15 is 0 Å². The summed E-state index contributed by atoms with van der Waals surface area (Å²) in [5.41, 5.74) is 2.48.